The van der Waals surface area contributed by atoms with Crippen LogP contribution in [0.2, 0.25) is 0 Å². The van der Waals surface area contributed by atoms with E-state index in [9.17, 15) is 0 Å². The molecule has 2 aromatic heterocycles. The zero-order valence-electron chi connectivity index (χ0n) is 10.3. The molecule has 1 N–H and O–H groups in total. The van der Waals surface area contributed by atoms with Crippen LogP contribution in [0, 0.1) is 5.92 Å². The Bertz CT molecular complexity index is 467. The summed E-state index contributed by atoms with van der Waals surface area (Å²) in [6, 6.07) is 2.06. The van der Waals surface area contributed by atoms with Gasteiger partial charge in [0.2, 0.25) is 0 Å². The highest BCUT2D eigenvalue weighted by atomic mass is 15.2. The third-order valence-corrected chi connectivity index (χ3v) is 3.46. The van der Waals surface area contributed by atoms with Crippen molar-refractivity contribution in [2.45, 2.75) is 19.3 Å². The summed E-state index contributed by atoms with van der Waals surface area (Å²) in [5, 5.41) is 7.05. The molecule has 5 heteroatoms. The van der Waals surface area contributed by atoms with Gasteiger partial charge in [0.1, 0.15) is 5.82 Å². The first-order chi connectivity index (χ1) is 8.92. The van der Waals surface area contributed by atoms with Crippen LogP contribution in [0.1, 0.15) is 18.5 Å². The van der Waals surface area contributed by atoms with Gasteiger partial charge >= 0.3 is 0 Å². The topological polar surface area (TPSA) is 57.7 Å². The van der Waals surface area contributed by atoms with E-state index in [4.69, 9.17) is 0 Å². The van der Waals surface area contributed by atoms with Gasteiger partial charge in [0, 0.05) is 37.4 Å². The molecule has 0 radical (unpaired) electrons. The number of H-pyrrole nitrogens is 1. The number of hydrogen-bond donors (Lipinski definition) is 1. The molecule has 2 aromatic rings. The van der Waals surface area contributed by atoms with Crippen molar-refractivity contribution in [2.24, 2.45) is 5.92 Å². The second kappa shape index (κ2) is 5.16. The SMILES string of the molecule is c1cnc(N2CCCC(Cc3ccn[nH]3)C2)cn1. The fourth-order valence-corrected chi connectivity index (χ4v) is 2.60. The van der Waals surface area contributed by atoms with Crippen molar-refractivity contribution in [2.75, 3.05) is 18.0 Å². The molecule has 1 aliphatic rings. The molecule has 1 unspecified atom stereocenters. The summed E-state index contributed by atoms with van der Waals surface area (Å²) in [6.07, 6.45) is 10.7. The number of aromatic amines is 1. The average Bonchev–Trinajstić information content (AvgIpc) is 2.93. The number of rotatable bonds is 3. The standard InChI is InChI=1S/C13H17N5/c1-2-11(8-12-3-4-16-17-12)10-18(7-1)13-9-14-5-6-15-13/h3-6,9,11H,1-2,7-8,10H2,(H,16,17). The fraction of sp³-hybridized carbons (Fsp3) is 0.462. The summed E-state index contributed by atoms with van der Waals surface area (Å²) in [4.78, 5) is 10.8. The van der Waals surface area contributed by atoms with Crippen LogP contribution in [-0.2, 0) is 6.42 Å². The summed E-state index contributed by atoms with van der Waals surface area (Å²) in [6.45, 7) is 2.13. The van der Waals surface area contributed by atoms with E-state index < -0.39 is 0 Å². The minimum absolute atomic E-state index is 0.668. The molecular formula is C13H17N5. The molecule has 3 rings (SSSR count). The van der Waals surface area contributed by atoms with E-state index in [1.807, 2.05) is 12.4 Å². The second-order valence-corrected chi connectivity index (χ2v) is 4.80. The maximum Gasteiger partial charge on any atom is 0.147 e. The smallest absolute Gasteiger partial charge is 0.147 e. The lowest BCUT2D eigenvalue weighted by Crippen LogP contribution is -2.36. The molecule has 94 valence electrons. The lowest BCUT2D eigenvalue weighted by molar-refractivity contribution is 0.408. The number of anilines is 1. The molecule has 18 heavy (non-hydrogen) atoms. The van der Waals surface area contributed by atoms with Crippen LogP contribution in [0.3, 0.4) is 0 Å². The highest BCUT2D eigenvalue weighted by molar-refractivity contribution is 5.35. The molecule has 1 fully saturated rings. The molecule has 5 nitrogen and oxygen atoms in total. The quantitative estimate of drug-likeness (QED) is 0.890. The molecule has 0 aromatic carbocycles. The molecule has 0 bridgehead atoms. The van der Waals surface area contributed by atoms with Crippen molar-refractivity contribution in [1.29, 1.82) is 0 Å². The van der Waals surface area contributed by atoms with E-state index in [0.717, 1.165) is 25.3 Å². The third kappa shape index (κ3) is 2.50. The zero-order valence-corrected chi connectivity index (χ0v) is 10.3. The monoisotopic (exact) mass is 243 g/mol. The highest BCUT2D eigenvalue weighted by Gasteiger charge is 2.21. The maximum absolute atomic E-state index is 4.38. The Kier molecular flexibility index (Phi) is 3.21. The number of hydrogen-bond acceptors (Lipinski definition) is 4. The van der Waals surface area contributed by atoms with Crippen LogP contribution in [0.15, 0.2) is 30.9 Å². The van der Waals surface area contributed by atoms with Crippen molar-refractivity contribution >= 4 is 5.82 Å². The Balaban J connectivity index is 1.65. The van der Waals surface area contributed by atoms with Gasteiger partial charge in [0.15, 0.2) is 0 Å². The summed E-state index contributed by atoms with van der Waals surface area (Å²) in [5.41, 5.74) is 1.22. The second-order valence-electron chi connectivity index (χ2n) is 4.80. The Hall–Kier alpha value is -1.91. The minimum atomic E-state index is 0.668. The molecule has 3 heterocycles. The van der Waals surface area contributed by atoms with Crippen LogP contribution in [0.4, 0.5) is 5.82 Å². The zero-order chi connectivity index (χ0) is 12.2. The van der Waals surface area contributed by atoms with Crippen LogP contribution >= 0.6 is 0 Å². The molecule has 1 atom stereocenters. The molecule has 0 saturated carbocycles. The first-order valence-electron chi connectivity index (χ1n) is 6.41. The van der Waals surface area contributed by atoms with Gasteiger partial charge < -0.3 is 4.90 Å². The van der Waals surface area contributed by atoms with Gasteiger partial charge in [0.25, 0.3) is 0 Å². The highest BCUT2D eigenvalue weighted by Crippen LogP contribution is 2.23. The molecular weight excluding hydrogens is 226 g/mol. The Morgan fingerprint density at radius 2 is 2.33 bits per heavy atom. The van der Waals surface area contributed by atoms with Crippen LogP contribution in [-0.4, -0.2) is 33.3 Å². The van der Waals surface area contributed by atoms with Crippen molar-refractivity contribution in [1.82, 2.24) is 20.2 Å². The largest absolute Gasteiger partial charge is 0.355 e. The molecule has 1 saturated heterocycles. The van der Waals surface area contributed by atoms with Gasteiger partial charge in [-0.1, -0.05) is 0 Å². The third-order valence-electron chi connectivity index (χ3n) is 3.46. The van der Waals surface area contributed by atoms with Crippen molar-refractivity contribution in [3.05, 3.63) is 36.5 Å². The summed E-state index contributed by atoms with van der Waals surface area (Å²) in [7, 11) is 0. The van der Waals surface area contributed by atoms with E-state index in [-0.39, 0.29) is 0 Å². The molecule has 0 spiro atoms. The van der Waals surface area contributed by atoms with E-state index in [1.165, 1.54) is 18.5 Å². The van der Waals surface area contributed by atoms with Gasteiger partial charge in [-0.25, -0.2) is 4.98 Å². The number of nitrogens with one attached hydrogen (secondary N) is 1. The molecule has 0 aliphatic carbocycles. The predicted octanol–water partition coefficient (Wildman–Crippen LogP) is 1.66. The van der Waals surface area contributed by atoms with Gasteiger partial charge in [-0.3, -0.25) is 10.1 Å². The normalized spacial score (nSPS) is 20.0. The number of nitrogens with zero attached hydrogens (tertiary/aromatic N) is 4. The van der Waals surface area contributed by atoms with E-state index in [0.29, 0.717) is 5.92 Å². The van der Waals surface area contributed by atoms with Crippen LogP contribution in [0.5, 0.6) is 0 Å². The van der Waals surface area contributed by atoms with E-state index in [2.05, 4.69) is 31.1 Å². The van der Waals surface area contributed by atoms with Crippen molar-refractivity contribution in [3.8, 4) is 0 Å². The van der Waals surface area contributed by atoms with Crippen LogP contribution in [0.25, 0.3) is 0 Å². The molecule has 0 amide bonds. The average molecular weight is 243 g/mol. The van der Waals surface area contributed by atoms with Gasteiger partial charge in [-0.15, -0.1) is 0 Å². The van der Waals surface area contributed by atoms with Crippen molar-refractivity contribution < 1.29 is 0 Å². The number of piperidine rings is 1. The van der Waals surface area contributed by atoms with E-state index >= 15 is 0 Å². The van der Waals surface area contributed by atoms with Crippen molar-refractivity contribution in [3.63, 3.8) is 0 Å². The Morgan fingerprint density at radius 1 is 1.33 bits per heavy atom. The summed E-state index contributed by atoms with van der Waals surface area (Å²) >= 11 is 0. The van der Waals surface area contributed by atoms with Gasteiger partial charge in [0.05, 0.1) is 6.20 Å². The lowest BCUT2D eigenvalue weighted by atomic mass is 9.93. The predicted molar refractivity (Wildman–Crippen MR) is 69.3 cm³/mol. The summed E-state index contributed by atoms with van der Waals surface area (Å²) in [5.74, 6) is 1.66. The van der Waals surface area contributed by atoms with Gasteiger partial charge in [-0.05, 0) is 31.2 Å². The minimum Gasteiger partial charge on any atom is -0.355 e. The fourth-order valence-electron chi connectivity index (χ4n) is 2.60. The lowest BCUT2D eigenvalue weighted by Gasteiger charge is -2.33. The Morgan fingerprint density at radius 3 is 3.11 bits per heavy atom. The Labute approximate surface area is 106 Å². The van der Waals surface area contributed by atoms with E-state index in [1.54, 1.807) is 12.4 Å². The number of aromatic nitrogens is 4. The maximum atomic E-state index is 4.38. The summed E-state index contributed by atoms with van der Waals surface area (Å²) < 4.78 is 0. The molecule has 1 aliphatic heterocycles. The van der Waals surface area contributed by atoms with Gasteiger partial charge in [-0.2, -0.15) is 5.10 Å². The first-order valence-corrected chi connectivity index (χ1v) is 6.41. The first kappa shape index (κ1) is 11.2. The van der Waals surface area contributed by atoms with Crippen LogP contribution < -0.4 is 4.90 Å².